The largest absolute Gasteiger partial charge is 0.326 e. The van der Waals surface area contributed by atoms with Gasteiger partial charge in [0.05, 0.1) is 0 Å². The minimum absolute atomic E-state index is 0.247. The summed E-state index contributed by atoms with van der Waals surface area (Å²) in [4.78, 5) is 4.56. The van der Waals surface area contributed by atoms with E-state index in [2.05, 4.69) is 24.9 Å². The van der Waals surface area contributed by atoms with Crippen molar-refractivity contribution < 1.29 is 0 Å². The van der Waals surface area contributed by atoms with E-state index in [1.807, 2.05) is 24.0 Å². The Hall–Kier alpha value is -0.540. The molecule has 1 aromatic heterocycles. The topological polar surface area (TPSA) is 38.9 Å². The van der Waals surface area contributed by atoms with Crippen molar-refractivity contribution >= 4 is 11.8 Å². The molecule has 2 nitrogen and oxygen atoms in total. The van der Waals surface area contributed by atoms with E-state index in [-0.39, 0.29) is 6.04 Å². The molecule has 0 bridgehead atoms. The van der Waals surface area contributed by atoms with Crippen molar-refractivity contribution in [2.24, 2.45) is 5.73 Å². The summed E-state index contributed by atoms with van der Waals surface area (Å²) in [6.45, 7) is 4.45. The molecule has 2 rings (SSSR count). The molecule has 0 aliphatic heterocycles. The first-order valence-corrected chi connectivity index (χ1v) is 7.54. The molecule has 2 unspecified atom stereocenters. The molecule has 1 aliphatic rings. The van der Waals surface area contributed by atoms with Crippen molar-refractivity contribution in [3.05, 3.63) is 29.6 Å². The van der Waals surface area contributed by atoms with E-state index in [1.165, 1.54) is 30.5 Å². The molecule has 2 atom stereocenters. The predicted octanol–water partition coefficient (Wildman–Crippen LogP) is 2.97. The van der Waals surface area contributed by atoms with Gasteiger partial charge in [0.2, 0.25) is 0 Å². The lowest BCUT2D eigenvalue weighted by molar-refractivity contribution is 0.477. The average molecular weight is 250 g/mol. The van der Waals surface area contributed by atoms with Crippen LogP contribution in [-0.4, -0.2) is 22.0 Å². The zero-order chi connectivity index (χ0) is 12.3. The SMILES string of the molecule is CC(C)SCC(N)C1CCCc2cccnc21. The fraction of sp³-hybridized carbons (Fsp3) is 0.643. The van der Waals surface area contributed by atoms with Crippen molar-refractivity contribution in [1.29, 1.82) is 0 Å². The fourth-order valence-electron chi connectivity index (χ4n) is 2.48. The molecule has 2 N–H and O–H groups in total. The van der Waals surface area contributed by atoms with Crippen LogP contribution in [0.1, 0.15) is 43.9 Å². The highest BCUT2D eigenvalue weighted by Gasteiger charge is 2.26. The Morgan fingerprint density at radius 1 is 1.53 bits per heavy atom. The number of thioether (sulfide) groups is 1. The van der Waals surface area contributed by atoms with Gasteiger partial charge in [0, 0.05) is 29.6 Å². The number of rotatable bonds is 4. The van der Waals surface area contributed by atoms with Crippen molar-refractivity contribution in [2.45, 2.75) is 50.3 Å². The summed E-state index contributed by atoms with van der Waals surface area (Å²) in [5, 5.41) is 0.660. The summed E-state index contributed by atoms with van der Waals surface area (Å²) in [6.07, 6.45) is 5.52. The third-order valence-corrected chi connectivity index (χ3v) is 4.62. The van der Waals surface area contributed by atoms with Crippen LogP contribution in [0.25, 0.3) is 0 Å². The normalized spacial score (nSPS) is 21.3. The molecule has 0 saturated heterocycles. The number of aryl methyl sites for hydroxylation is 1. The van der Waals surface area contributed by atoms with Crippen LogP contribution >= 0.6 is 11.8 Å². The van der Waals surface area contributed by atoms with Gasteiger partial charge in [-0.25, -0.2) is 0 Å². The zero-order valence-corrected chi connectivity index (χ0v) is 11.5. The van der Waals surface area contributed by atoms with Gasteiger partial charge in [0.25, 0.3) is 0 Å². The Bertz CT molecular complexity index is 365. The van der Waals surface area contributed by atoms with Gasteiger partial charge < -0.3 is 5.73 Å². The summed E-state index contributed by atoms with van der Waals surface area (Å²) in [5.74, 6) is 1.50. The molecule has 0 aromatic carbocycles. The standard InChI is InChI=1S/C14H22N2S/c1-10(2)17-9-13(15)12-7-3-5-11-6-4-8-16-14(11)12/h4,6,8,10,12-13H,3,5,7,9,15H2,1-2H3. The Labute approximate surface area is 108 Å². The summed E-state index contributed by atoms with van der Waals surface area (Å²) in [6, 6.07) is 4.49. The Morgan fingerprint density at radius 3 is 3.12 bits per heavy atom. The van der Waals surface area contributed by atoms with E-state index in [1.54, 1.807) is 0 Å². The molecule has 3 heteroatoms. The highest BCUT2D eigenvalue weighted by molar-refractivity contribution is 7.99. The van der Waals surface area contributed by atoms with Gasteiger partial charge in [0.1, 0.15) is 0 Å². The van der Waals surface area contributed by atoms with Gasteiger partial charge in [-0.05, 0) is 36.1 Å². The lowest BCUT2D eigenvalue weighted by Crippen LogP contribution is -2.34. The molecular weight excluding hydrogens is 228 g/mol. The summed E-state index contributed by atoms with van der Waals surface area (Å²) < 4.78 is 0. The van der Waals surface area contributed by atoms with E-state index < -0.39 is 0 Å². The third kappa shape index (κ3) is 3.23. The number of pyridine rings is 1. The average Bonchev–Trinajstić information content (AvgIpc) is 2.35. The summed E-state index contributed by atoms with van der Waals surface area (Å²) in [7, 11) is 0. The lowest BCUT2D eigenvalue weighted by Gasteiger charge is -2.29. The molecule has 17 heavy (non-hydrogen) atoms. The number of fused-ring (bicyclic) bond motifs is 1. The lowest BCUT2D eigenvalue weighted by atomic mass is 9.83. The fourth-order valence-corrected chi connectivity index (χ4v) is 3.32. The molecule has 0 radical (unpaired) electrons. The van der Waals surface area contributed by atoms with E-state index in [0.29, 0.717) is 11.2 Å². The van der Waals surface area contributed by atoms with Crippen LogP contribution < -0.4 is 5.73 Å². The first-order chi connectivity index (χ1) is 8.18. The molecule has 0 amide bonds. The maximum Gasteiger partial charge on any atom is 0.0482 e. The molecule has 0 saturated carbocycles. The molecule has 0 fully saturated rings. The molecule has 1 aliphatic carbocycles. The van der Waals surface area contributed by atoms with Gasteiger partial charge in [-0.15, -0.1) is 0 Å². The van der Waals surface area contributed by atoms with Crippen LogP contribution in [0, 0.1) is 0 Å². The second kappa shape index (κ2) is 5.87. The van der Waals surface area contributed by atoms with Gasteiger partial charge in [0.15, 0.2) is 0 Å². The van der Waals surface area contributed by atoms with Crippen LogP contribution in [0.2, 0.25) is 0 Å². The third-order valence-electron chi connectivity index (χ3n) is 3.38. The second-order valence-corrected chi connectivity index (χ2v) is 6.70. The molecular formula is C14H22N2S. The quantitative estimate of drug-likeness (QED) is 0.893. The first kappa shape index (κ1) is 12.9. The minimum atomic E-state index is 0.247. The summed E-state index contributed by atoms with van der Waals surface area (Å²) in [5.41, 5.74) is 9.02. The Kier molecular flexibility index (Phi) is 4.46. The van der Waals surface area contributed by atoms with Crippen LogP contribution in [-0.2, 0) is 6.42 Å². The maximum atomic E-state index is 6.35. The smallest absolute Gasteiger partial charge is 0.0482 e. The highest BCUT2D eigenvalue weighted by Crippen LogP contribution is 2.32. The van der Waals surface area contributed by atoms with Crippen molar-refractivity contribution in [3.8, 4) is 0 Å². The van der Waals surface area contributed by atoms with Crippen molar-refractivity contribution in [2.75, 3.05) is 5.75 Å². The van der Waals surface area contributed by atoms with Gasteiger partial charge in [-0.1, -0.05) is 19.9 Å². The van der Waals surface area contributed by atoms with Crippen molar-refractivity contribution in [3.63, 3.8) is 0 Å². The first-order valence-electron chi connectivity index (χ1n) is 6.49. The van der Waals surface area contributed by atoms with Crippen LogP contribution in [0.5, 0.6) is 0 Å². The Morgan fingerprint density at radius 2 is 2.35 bits per heavy atom. The number of hydrogen-bond acceptors (Lipinski definition) is 3. The number of aromatic nitrogens is 1. The second-order valence-electron chi connectivity index (χ2n) is 5.09. The van der Waals surface area contributed by atoms with Crippen LogP contribution in [0.15, 0.2) is 18.3 Å². The number of nitrogens with two attached hydrogens (primary N) is 1. The van der Waals surface area contributed by atoms with Gasteiger partial charge in [-0.3, -0.25) is 4.98 Å². The van der Waals surface area contributed by atoms with E-state index in [4.69, 9.17) is 5.73 Å². The minimum Gasteiger partial charge on any atom is -0.326 e. The Balaban J connectivity index is 2.07. The predicted molar refractivity (Wildman–Crippen MR) is 75.5 cm³/mol. The van der Waals surface area contributed by atoms with Crippen molar-refractivity contribution in [1.82, 2.24) is 4.98 Å². The molecule has 94 valence electrons. The van der Waals surface area contributed by atoms with Crippen LogP contribution in [0.4, 0.5) is 0 Å². The highest BCUT2D eigenvalue weighted by atomic mass is 32.2. The monoisotopic (exact) mass is 250 g/mol. The van der Waals surface area contributed by atoms with E-state index in [9.17, 15) is 0 Å². The number of hydrogen-bond donors (Lipinski definition) is 1. The molecule has 0 spiro atoms. The van der Waals surface area contributed by atoms with E-state index in [0.717, 1.165) is 5.75 Å². The van der Waals surface area contributed by atoms with Gasteiger partial charge in [-0.2, -0.15) is 11.8 Å². The van der Waals surface area contributed by atoms with Gasteiger partial charge >= 0.3 is 0 Å². The zero-order valence-electron chi connectivity index (χ0n) is 10.7. The van der Waals surface area contributed by atoms with Crippen LogP contribution in [0.3, 0.4) is 0 Å². The van der Waals surface area contributed by atoms with E-state index >= 15 is 0 Å². The summed E-state index contributed by atoms with van der Waals surface area (Å²) >= 11 is 1.95. The molecule has 1 aromatic rings. The number of nitrogens with zero attached hydrogens (tertiary/aromatic N) is 1. The maximum absolute atomic E-state index is 6.35. The molecule has 1 heterocycles.